The number of carbonyl (C=O) groups excluding carboxylic acids is 3. The van der Waals surface area contributed by atoms with Crippen LogP contribution in [0.2, 0.25) is 0 Å². The summed E-state index contributed by atoms with van der Waals surface area (Å²) in [5.41, 5.74) is 6.53. The lowest BCUT2D eigenvalue weighted by Crippen LogP contribution is -2.52. The van der Waals surface area contributed by atoms with Gasteiger partial charge in [0.1, 0.15) is 23.6 Å². The normalized spacial score (nSPS) is 12.3. The van der Waals surface area contributed by atoms with Crippen LogP contribution in [0.15, 0.2) is 48.5 Å². The molecular weight excluding hydrogens is 432 g/mol. The van der Waals surface area contributed by atoms with Crippen molar-refractivity contribution in [3.05, 3.63) is 59.7 Å². The van der Waals surface area contributed by atoms with Gasteiger partial charge in [0.15, 0.2) is 0 Å². The molecule has 0 aromatic heterocycles. The van der Waals surface area contributed by atoms with Crippen molar-refractivity contribution in [2.45, 2.75) is 24.9 Å². The molecule has 11 nitrogen and oxygen atoms in total. The summed E-state index contributed by atoms with van der Waals surface area (Å²) < 4.78 is 0. The maximum Gasteiger partial charge on any atom is 0.326 e. The van der Waals surface area contributed by atoms with Crippen LogP contribution in [0.3, 0.4) is 0 Å². The van der Waals surface area contributed by atoms with E-state index in [0.29, 0.717) is 11.1 Å². The van der Waals surface area contributed by atoms with E-state index in [9.17, 15) is 34.5 Å². The highest BCUT2D eigenvalue weighted by molar-refractivity contribution is 5.92. The number of hydrogen-bond acceptors (Lipinski definition) is 7. The van der Waals surface area contributed by atoms with Crippen LogP contribution in [-0.4, -0.2) is 64.2 Å². The average molecular weight is 458 g/mol. The Morgan fingerprint density at radius 3 is 1.67 bits per heavy atom. The summed E-state index contributed by atoms with van der Waals surface area (Å²) in [6, 6.07) is 9.62. The Balaban J connectivity index is 1.96. The fraction of sp³-hybridized carbons (Fsp3) is 0.273. The minimum absolute atomic E-state index is 0.0225. The molecule has 0 radical (unpaired) electrons. The number of carboxylic acid groups (broad SMARTS) is 1. The van der Waals surface area contributed by atoms with Gasteiger partial charge < -0.3 is 37.0 Å². The number of aromatic hydroxyl groups is 2. The molecule has 2 aromatic rings. The van der Waals surface area contributed by atoms with Crippen LogP contribution >= 0.6 is 0 Å². The van der Waals surface area contributed by atoms with Gasteiger partial charge in [-0.05, 0) is 35.4 Å². The van der Waals surface area contributed by atoms with Crippen LogP contribution < -0.4 is 21.7 Å². The molecule has 2 aromatic carbocycles. The second-order valence-corrected chi connectivity index (χ2v) is 7.24. The van der Waals surface area contributed by atoms with Crippen molar-refractivity contribution >= 4 is 23.7 Å². The largest absolute Gasteiger partial charge is 0.508 e. The first kappa shape index (κ1) is 25.1. The van der Waals surface area contributed by atoms with Crippen LogP contribution in [0.25, 0.3) is 0 Å². The molecule has 0 fully saturated rings. The molecule has 0 saturated carbocycles. The summed E-state index contributed by atoms with van der Waals surface area (Å²) in [5, 5.41) is 35.3. The number of nitrogens with two attached hydrogens (primary N) is 1. The number of phenolic OH excluding ortho intramolecular Hbond substituents is 2. The molecule has 0 saturated heterocycles. The summed E-state index contributed by atoms with van der Waals surface area (Å²) >= 11 is 0. The maximum atomic E-state index is 12.6. The zero-order valence-corrected chi connectivity index (χ0v) is 17.7. The standard InChI is InChI=1S/C22H26N4O7/c23-11-19(29)25-17(9-13-1-5-15(27)6-2-13)21(31)24-12-20(30)26-18(22(32)33)10-14-3-7-16(28)8-4-14/h1-8,17-18,27-28H,9-12,23H2,(H,24,31)(H,25,29)(H,26,30)(H,32,33). The number of aliphatic carboxylic acids is 1. The number of carboxylic acids is 1. The monoisotopic (exact) mass is 458 g/mol. The van der Waals surface area contributed by atoms with E-state index in [1.165, 1.54) is 36.4 Å². The third-order valence-electron chi connectivity index (χ3n) is 4.65. The van der Waals surface area contributed by atoms with Gasteiger partial charge in [0.05, 0.1) is 13.1 Å². The number of amides is 3. The van der Waals surface area contributed by atoms with Crippen LogP contribution in [0.4, 0.5) is 0 Å². The lowest BCUT2D eigenvalue weighted by Gasteiger charge is -2.19. The van der Waals surface area contributed by atoms with E-state index in [4.69, 9.17) is 5.73 Å². The molecule has 2 rings (SSSR count). The van der Waals surface area contributed by atoms with Crippen molar-refractivity contribution in [3.63, 3.8) is 0 Å². The van der Waals surface area contributed by atoms with Crippen LogP contribution in [0.5, 0.6) is 11.5 Å². The molecule has 176 valence electrons. The highest BCUT2D eigenvalue weighted by Gasteiger charge is 2.24. The summed E-state index contributed by atoms with van der Waals surface area (Å²) in [6.45, 7) is -0.847. The van der Waals surface area contributed by atoms with E-state index >= 15 is 0 Å². The molecule has 33 heavy (non-hydrogen) atoms. The predicted molar refractivity (Wildman–Crippen MR) is 117 cm³/mol. The van der Waals surface area contributed by atoms with E-state index in [2.05, 4.69) is 16.0 Å². The molecule has 3 amide bonds. The zero-order valence-electron chi connectivity index (χ0n) is 17.7. The van der Waals surface area contributed by atoms with E-state index in [0.717, 1.165) is 0 Å². The van der Waals surface area contributed by atoms with Crippen molar-refractivity contribution in [1.82, 2.24) is 16.0 Å². The molecule has 8 N–H and O–H groups in total. The SMILES string of the molecule is NCC(=O)NC(Cc1ccc(O)cc1)C(=O)NCC(=O)NC(Cc1ccc(O)cc1)C(=O)O. The Morgan fingerprint density at radius 1 is 0.758 bits per heavy atom. The maximum absolute atomic E-state index is 12.6. The molecular formula is C22H26N4O7. The first-order valence-electron chi connectivity index (χ1n) is 10.0. The average Bonchev–Trinajstić information content (AvgIpc) is 2.79. The summed E-state index contributed by atoms with van der Waals surface area (Å²) in [5.74, 6) is -3.15. The molecule has 0 aliphatic heterocycles. The Morgan fingerprint density at radius 2 is 1.21 bits per heavy atom. The smallest absolute Gasteiger partial charge is 0.326 e. The minimum atomic E-state index is -1.26. The van der Waals surface area contributed by atoms with Gasteiger partial charge in [-0.3, -0.25) is 14.4 Å². The lowest BCUT2D eigenvalue weighted by molar-refractivity contribution is -0.141. The van der Waals surface area contributed by atoms with Crippen LogP contribution in [-0.2, 0) is 32.0 Å². The fourth-order valence-corrected chi connectivity index (χ4v) is 2.93. The van der Waals surface area contributed by atoms with Crippen molar-refractivity contribution in [2.24, 2.45) is 5.73 Å². The second-order valence-electron chi connectivity index (χ2n) is 7.24. The Bertz CT molecular complexity index is 977. The number of carbonyl (C=O) groups is 4. The first-order chi connectivity index (χ1) is 15.7. The highest BCUT2D eigenvalue weighted by atomic mass is 16.4. The summed E-state index contributed by atoms with van der Waals surface area (Å²) in [6.07, 6.45) is 0.0589. The quantitative estimate of drug-likeness (QED) is 0.223. The van der Waals surface area contributed by atoms with E-state index in [-0.39, 0.29) is 30.9 Å². The van der Waals surface area contributed by atoms with E-state index in [1.807, 2.05) is 0 Å². The molecule has 0 aliphatic carbocycles. The van der Waals surface area contributed by atoms with Gasteiger partial charge in [0.25, 0.3) is 0 Å². The van der Waals surface area contributed by atoms with Gasteiger partial charge in [-0.15, -0.1) is 0 Å². The zero-order chi connectivity index (χ0) is 24.4. The van der Waals surface area contributed by atoms with Crippen molar-refractivity contribution in [1.29, 1.82) is 0 Å². The van der Waals surface area contributed by atoms with Crippen molar-refractivity contribution in [2.75, 3.05) is 13.1 Å². The van der Waals surface area contributed by atoms with Gasteiger partial charge in [-0.25, -0.2) is 4.79 Å². The number of phenols is 2. The third-order valence-corrected chi connectivity index (χ3v) is 4.65. The number of hydrogen-bond donors (Lipinski definition) is 7. The van der Waals surface area contributed by atoms with Crippen LogP contribution in [0, 0.1) is 0 Å². The van der Waals surface area contributed by atoms with Gasteiger partial charge in [-0.2, -0.15) is 0 Å². The summed E-state index contributed by atoms with van der Waals surface area (Å²) in [4.78, 5) is 48.0. The van der Waals surface area contributed by atoms with Crippen LogP contribution in [0.1, 0.15) is 11.1 Å². The van der Waals surface area contributed by atoms with Gasteiger partial charge in [0, 0.05) is 12.8 Å². The molecule has 2 unspecified atom stereocenters. The molecule has 2 atom stereocenters. The van der Waals surface area contributed by atoms with Crippen molar-refractivity contribution < 1.29 is 34.5 Å². The predicted octanol–water partition coefficient (Wildman–Crippen LogP) is -0.988. The number of benzene rings is 2. The Kier molecular flexibility index (Phi) is 9.18. The lowest BCUT2D eigenvalue weighted by atomic mass is 10.0. The Labute approximate surface area is 189 Å². The molecule has 0 spiro atoms. The second kappa shape index (κ2) is 12.1. The molecule has 0 aliphatic rings. The van der Waals surface area contributed by atoms with Crippen molar-refractivity contribution in [3.8, 4) is 11.5 Å². The highest BCUT2D eigenvalue weighted by Crippen LogP contribution is 2.12. The number of rotatable bonds is 11. The topological polar surface area (TPSA) is 191 Å². The Hall–Kier alpha value is -4.12. The van der Waals surface area contributed by atoms with Gasteiger partial charge >= 0.3 is 5.97 Å². The molecule has 0 heterocycles. The number of nitrogens with one attached hydrogen (secondary N) is 3. The fourth-order valence-electron chi connectivity index (χ4n) is 2.93. The van der Waals surface area contributed by atoms with E-state index < -0.39 is 42.3 Å². The third kappa shape index (κ3) is 8.50. The van der Waals surface area contributed by atoms with Gasteiger partial charge in [-0.1, -0.05) is 24.3 Å². The molecule has 11 heteroatoms. The first-order valence-corrected chi connectivity index (χ1v) is 10.0. The minimum Gasteiger partial charge on any atom is -0.508 e. The van der Waals surface area contributed by atoms with E-state index in [1.54, 1.807) is 12.1 Å². The molecule has 0 bridgehead atoms. The van der Waals surface area contributed by atoms with Gasteiger partial charge in [0.2, 0.25) is 17.7 Å². The summed E-state index contributed by atoms with van der Waals surface area (Å²) in [7, 11) is 0.